The molecule has 2 atom stereocenters. The number of urea groups is 1. The Labute approximate surface area is 124 Å². The summed E-state index contributed by atoms with van der Waals surface area (Å²) in [6.07, 6.45) is 2.93. The van der Waals surface area contributed by atoms with Gasteiger partial charge in [0.15, 0.2) is 5.72 Å². The number of carbonyl (C=O) groups is 1. The largest absolute Gasteiger partial charge is 0.494 e. The molecule has 1 aromatic carbocycles. The van der Waals surface area contributed by atoms with Crippen LogP contribution >= 0.6 is 0 Å². The maximum atomic E-state index is 12.4. The molecule has 1 N–H and O–H groups in total. The summed E-state index contributed by atoms with van der Waals surface area (Å²) in [4.78, 5) is 14.3. The molecule has 3 aliphatic rings. The zero-order chi connectivity index (χ0) is 14.6. The minimum atomic E-state index is -0.550. The second-order valence-electron chi connectivity index (χ2n) is 6.22. The summed E-state index contributed by atoms with van der Waals surface area (Å²) in [6, 6.07) is 6.22. The smallest absolute Gasteiger partial charge is 0.321 e. The third-order valence-corrected chi connectivity index (χ3v) is 4.52. The van der Waals surface area contributed by atoms with Crippen molar-refractivity contribution in [2.24, 2.45) is 0 Å². The maximum Gasteiger partial charge on any atom is 0.321 e. The average molecular weight is 288 g/mol. The predicted molar refractivity (Wildman–Crippen MR) is 77.4 cm³/mol. The molecule has 2 aliphatic heterocycles. The van der Waals surface area contributed by atoms with Crippen LogP contribution < -0.4 is 14.8 Å². The first-order valence-electron chi connectivity index (χ1n) is 7.66. The SMILES string of the molecule is CCOc1ccc2c(c1)OC1(C)CC2NC(=O)N1C1CC1. The number of nitrogens with zero attached hydrogens (tertiary/aromatic N) is 1. The van der Waals surface area contributed by atoms with Crippen LogP contribution in [0, 0.1) is 0 Å². The summed E-state index contributed by atoms with van der Waals surface area (Å²) in [6.45, 7) is 4.61. The Bertz CT molecular complexity index is 599. The van der Waals surface area contributed by atoms with Gasteiger partial charge in [-0.25, -0.2) is 4.79 Å². The van der Waals surface area contributed by atoms with Crippen LogP contribution in [0.5, 0.6) is 11.5 Å². The summed E-state index contributed by atoms with van der Waals surface area (Å²) < 4.78 is 11.8. The summed E-state index contributed by atoms with van der Waals surface area (Å²) in [7, 11) is 0. The first-order chi connectivity index (χ1) is 10.1. The first-order valence-corrected chi connectivity index (χ1v) is 7.66. The third-order valence-electron chi connectivity index (χ3n) is 4.52. The Morgan fingerprint density at radius 3 is 3.00 bits per heavy atom. The van der Waals surface area contributed by atoms with E-state index in [-0.39, 0.29) is 12.1 Å². The minimum Gasteiger partial charge on any atom is -0.494 e. The van der Waals surface area contributed by atoms with E-state index in [4.69, 9.17) is 9.47 Å². The highest BCUT2D eigenvalue weighted by Gasteiger charge is 2.53. The van der Waals surface area contributed by atoms with E-state index in [1.54, 1.807) is 0 Å². The van der Waals surface area contributed by atoms with Gasteiger partial charge in [0.2, 0.25) is 0 Å². The van der Waals surface area contributed by atoms with Gasteiger partial charge in [0, 0.05) is 24.1 Å². The number of ether oxygens (including phenoxy) is 2. The lowest BCUT2D eigenvalue weighted by atomic mass is 9.90. The van der Waals surface area contributed by atoms with Gasteiger partial charge >= 0.3 is 6.03 Å². The van der Waals surface area contributed by atoms with E-state index < -0.39 is 5.72 Å². The molecule has 1 aromatic rings. The summed E-state index contributed by atoms with van der Waals surface area (Å²) >= 11 is 0. The number of hydrogen-bond donors (Lipinski definition) is 1. The van der Waals surface area contributed by atoms with Gasteiger partial charge in [0.05, 0.1) is 12.6 Å². The van der Waals surface area contributed by atoms with Crippen LogP contribution in [-0.2, 0) is 0 Å². The highest BCUT2D eigenvalue weighted by atomic mass is 16.5. The van der Waals surface area contributed by atoms with E-state index in [2.05, 4.69) is 5.32 Å². The number of amides is 2. The molecule has 2 fully saturated rings. The molecule has 1 aliphatic carbocycles. The highest BCUT2D eigenvalue weighted by Crippen LogP contribution is 2.48. The lowest BCUT2D eigenvalue weighted by Gasteiger charge is -2.51. The lowest BCUT2D eigenvalue weighted by Crippen LogP contribution is -2.65. The Kier molecular flexibility index (Phi) is 2.62. The monoisotopic (exact) mass is 288 g/mol. The van der Waals surface area contributed by atoms with Crippen molar-refractivity contribution in [3.63, 3.8) is 0 Å². The van der Waals surface area contributed by atoms with Crippen LogP contribution in [0.25, 0.3) is 0 Å². The van der Waals surface area contributed by atoms with Gasteiger partial charge in [0.25, 0.3) is 0 Å². The molecular formula is C16H20N2O3. The van der Waals surface area contributed by atoms with Crippen molar-refractivity contribution < 1.29 is 14.3 Å². The maximum absolute atomic E-state index is 12.4. The zero-order valence-electron chi connectivity index (χ0n) is 12.4. The van der Waals surface area contributed by atoms with Gasteiger partial charge in [0.1, 0.15) is 11.5 Å². The summed E-state index contributed by atoms with van der Waals surface area (Å²) in [5, 5.41) is 3.12. The number of hydrogen-bond acceptors (Lipinski definition) is 3. The summed E-state index contributed by atoms with van der Waals surface area (Å²) in [5.41, 5.74) is 0.492. The molecule has 1 saturated carbocycles. The Balaban J connectivity index is 1.73. The van der Waals surface area contributed by atoms with E-state index in [0.717, 1.165) is 36.3 Å². The number of benzene rings is 1. The second-order valence-corrected chi connectivity index (χ2v) is 6.22. The second kappa shape index (κ2) is 4.29. The van der Waals surface area contributed by atoms with Crippen LogP contribution in [0.4, 0.5) is 4.79 Å². The quantitative estimate of drug-likeness (QED) is 0.930. The van der Waals surface area contributed by atoms with Gasteiger partial charge in [-0.3, -0.25) is 4.90 Å². The van der Waals surface area contributed by atoms with Crippen molar-refractivity contribution in [3.05, 3.63) is 23.8 Å². The molecule has 5 heteroatoms. The van der Waals surface area contributed by atoms with Crippen LogP contribution in [-0.4, -0.2) is 29.3 Å². The molecule has 2 unspecified atom stereocenters. The van der Waals surface area contributed by atoms with Crippen LogP contribution in [0.3, 0.4) is 0 Å². The van der Waals surface area contributed by atoms with Crippen molar-refractivity contribution in [2.75, 3.05) is 6.61 Å². The normalized spacial score (nSPS) is 30.3. The van der Waals surface area contributed by atoms with Gasteiger partial charge in [-0.05, 0) is 38.8 Å². The van der Waals surface area contributed by atoms with E-state index in [1.807, 2.05) is 36.9 Å². The molecule has 5 nitrogen and oxygen atoms in total. The Morgan fingerprint density at radius 2 is 2.29 bits per heavy atom. The van der Waals surface area contributed by atoms with Crippen LogP contribution in [0.1, 0.15) is 44.7 Å². The van der Waals surface area contributed by atoms with Crippen molar-refractivity contribution in [1.82, 2.24) is 10.2 Å². The Hall–Kier alpha value is -1.91. The van der Waals surface area contributed by atoms with E-state index in [1.165, 1.54) is 0 Å². The van der Waals surface area contributed by atoms with Crippen molar-refractivity contribution >= 4 is 6.03 Å². The van der Waals surface area contributed by atoms with Gasteiger partial charge in [-0.2, -0.15) is 0 Å². The molecule has 21 heavy (non-hydrogen) atoms. The Morgan fingerprint density at radius 1 is 1.48 bits per heavy atom. The van der Waals surface area contributed by atoms with E-state index in [9.17, 15) is 4.79 Å². The van der Waals surface area contributed by atoms with Crippen molar-refractivity contribution in [1.29, 1.82) is 0 Å². The molecule has 4 rings (SSSR count). The topological polar surface area (TPSA) is 50.8 Å². The van der Waals surface area contributed by atoms with Gasteiger partial charge in [-0.1, -0.05) is 0 Å². The van der Waals surface area contributed by atoms with Crippen molar-refractivity contribution in [3.8, 4) is 11.5 Å². The summed E-state index contributed by atoms with van der Waals surface area (Å²) in [5.74, 6) is 1.63. The van der Waals surface area contributed by atoms with E-state index >= 15 is 0 Å². The standard InChI is InChI=1S/C16H20N2O3/c1-3-20-11-6-7-12-13-9-16(2,21-14(12)8-11)18(10-4-5-10)15(19)17-13/h6-8,10,13H,3-5,9H2,1-2H3,(H,17,19). The zero-order valence-corrected chi connectivity index (χ0v) is 12.4. The predicted octanol–water partition coefficient (Wildman–Crippen LogP) is 2.81. The third kappa shape index (κ3) is 1.94. The molecule has 1 saturated heterocycles. The van der Waals surface area contributed by atoms with Crippen LogP contribution in [0.15, 0.2) is 18.2 Å². The molecule has 112 valence electrons. The minimum absolute atomic E-state index is 0.00390. The highest BCUT2D eigenvalue weighted by molar-refractivity contribution is 5.78. The lowest BCUT2D eigenvalue weighted by molar-refractivity contribution is -0.0879. The van der Waals surface area contributed by atoms with E-state index in [0.29, 0.717) is 12.6 Å². The molecule has 2 bridgehead atoms. The number of carbonyl (C=O) groups excluding carboxylic acids is 1. The molecule has 2 heterocycles. The van der Waals surface area contributed by atoms with Gasteiger partial charge < -0.3 is 14.8 Å². The molecule has 0 aromatic heterocycles. The first kappa shape index (κ1) is 12.8. The molecule has 0 spiro atoms. The fourth-order valence-corrected chi connectivity index (χ4v) is 3.51. The molecule has 2 amide bonds. The number of fused-ring (bicyclic) bond motifs is 4. The van der Waals surface area contributed by atoms with Gasteiger partial charge in [-0.15, -0.1) is 0 Å². The van der Waals surface area contributed by atoms with Crippen LogP contribution in [0.2, 0.25) is 0 Å². The number of rotatable bonds is 3. The molecule has 0 radical (unpaired) electrons. The fourth-order valence-electron chi connectivity index (χ4n) is 3.51. The fraction of sp³-hybridized carbons (Fsp3) is 0.562. The van der Waals surface area contributed by atoms with Crippen molar-refractivity contribution in [2.45, 2.75) is 50.9 Å². The number of nitrogens with one attached hydrogen (secondary N) is 1. The molecular weight excluding hydrogens is 268 g/mol. The average Bonchev–Trinajstić information content (AvgIpc) is 3.22.